The number of halogens is 1. The van der Waals surface area contributed by atoms with Crippen LogP contribution in [0.4, 0.5) is 5.69 Å². The predicted octanol–water partition coefficient (Wildman–Crippen LogP) is 3.97. The molecule has 0 bridgehead atoms. The topological polar surface area (TPSA) is 55.1 Å². The molecule has 0 radical (unpaired) electrons. The lowest BCUT2D eigenvalue weighted by Gasteiger charge is -2.04. The number of benzene rings is 2. The quantitative estimate of drug-likeness (QED) is 0.796. The van der Waals surface area contributed by atoms with Gasteiger partial charge < -0.3 is 9.84 Å². The summed E-state index contributed by atoms with van der Waals surface area (Å²) in [6.45, 7) is 1.99. The fourth-order valence-electron chi connectivity index (χ4n) is 2.15. The maximum Gasteiger partial charge on any atom is 0.230 e. The van der Waals surface area contributed by atoms with E-state index in [0.717, 1.165) is 10.9 Å². The molecule has 1 amide bonds. The Morgan fingerprint density at radius 1 is 1.29 bits per heavy atom. The average molecular weight is 301 g/mol. The first kappa shape index (κ1) is 13.6. The van der Waals surface area contributed by atoms with Crippen LogP contribution >= 0.6 is 11.6 Å². The molecule has 0 aliphatic carbocycles. The molecule has 3 rings (SSSR count). The molecule has 5 heteroatoms. The van der Waals surface area contributed by atoms with Gasteiger partial charge in [0, 0.05) is 16.1 Å². The molecule has 2 aromatic carbocycles. The summed E-state index contributed by atoms with van der Waals surface area (Å²) in [6, 6.07) is 12.8. The SMILES string of the molecule is Cc1ccc2onc(CC(=O)Nc3cccc(Cl)c3)c2c1. The molecule has 1 aromatic heterocycles. The van der Waals surface area contributed by atoms with E-state index in [4.69, 9.17) is 16.1 Å². The Kier molecular flexibility index (Phi) is 3.62. The van der Waals surface area contributed by atoms with Crippen molar-refractivity contribution in [2.75, 3.05) is 5.32 Å². The minimum Gasteiger partial charge on any atom is -0.356 e. The minimum atomic E-state index is -0.158. The van der Waals surface area contributed by atoms with Crippen molar-refractivity contribution in [3.05, 3.63) is 58.7 Å². The highest BCUT2D eigenvalue weighted by Gasteiger charge is 2.12. The number of carbonyl (C=O) groups is 1. The zero-order valence-corrected chi connectivity index (χ0v) is 12.1. The third kappa shape index (κ3) is 3.06. The van der Waals surface area contributed by atoms with Crippen molar-refractivity contribution < 1.29 is 9.32 Å². The third-order valence-corrected chi connectivity index (χ3v) is 3.37. The molecular formula is C16H13ClN2O2. The number of hydrogen-bond acceptors (Lipinski definition) is 3. The average Bonchev–Trinajstić information content (AvgIpc) is 2.81. The zero-order chi connectivity index (χ0) is 14.8. The number of nitrogens with one attached hydrogen (secondary N) is 1. The molecule has 21 heavy (non-hydrogen) atoms. The second-order valence-corrected chi connectivity index (χ2v) is 5.30. The number of anilines is 1. The van der Waals surface area contributed by atoms with E-state index in [9.17, 15) is 4.79 Å². The summed E-state index contributed by atoms with van der Waals surface area (Å²) in [5.74, 6) is -0.158. The lowest BCUT2D eigenvalue weighted by atomic mass is 10.1. The number of amides is 1. The molecule has 0 saturated heterocycles. The highest BCUT2D eigenvalue weighted by atomic mass is 35.5. The number of aromatic nitrogens is 1. The van der Waals surface area contributed by atoms with Crippen molar-refractivity contribution in [3.8, 4) is 0 Å². The van der Waals surface area contributed by atoms with Crippen LogP contribution in [-0.2, 0) is 11.2 Å². The first-order chi connectivity index (χ1) is 10.1. The maximum atomic E-state index is 12.1. The molecular weight excluding hydrogens is 288 g/mol. The molecule has 1 heterocycles. The molecule has 0 spiro atoms. The number of rotatable bonds is 3. The van der Waals surface area contributed by atoms with Gasteiger partial charge in [0.15, 0.2) is 5.58 Å². The normalized spacial score (nSPS) is 10.8. The van der Waals surface area contributed by atoms with E-state index >= 15 is 0 Å². The molecule has 0 saturated carbocycles. The summed E-state index contributed by atoms with van der Waals surface area (Å²) in [4.78, 5) is 12.1. The fraction of sp³-hybridized carbons (Fsp3) is 0.125. The Morgan fingerprint density at radius 2 is 2.14 bits per heavy atom. The standard InChI is InChI=1S/C16H13ClN2O2/c1-10-5-6-15-13(7-10)14(19-21-15)9-16(20)18-12-4-2-3-11(17)8-12/h2-8H,9H2,1H3,(H,18,20). The smallest absolute Gasteiger partial charge is 0.230 e. The van der Waals surface area contributed by atoms with Crippen LogP contribution in [0.15, 0.2) is 47.0 Å². The van der Waals surface area contributed by atoms with E-state index in [1.54, 1.807) is 24.3 Å². The maximum absolute atomic E-state index is 12.1. The van der Waals surface area contributed by atoms with Crippen LogP contribution in [0.5, 0.6) is 0 Å². The second-order valence-electron chi connectivity index (χ2n) is 4.86. The Balaban J connectivity index is 1.79. The predicted molar refractivity (Wildman–Crippen MR) is 82.5 cm³/mol. The summed E-state index contributed by atoms with van der Waals surface area (Å²) in [5, 5.41) is 8.22. The molecule has 3 aromatic rings. The molecule has 0 fully saturated rings. The van der Waals surface area contributed by atoms with Gasteiger partial charge in [-0.2, -0.15) is 0 Å². The van der Waals surface area contributed by atoms with E-state index in [1.807, 2.05) is 25.1 Å². The van der Waals surface area contributed by atoms with Gasteiger partial charge in [0.25, 0.3) is 0 Å². The Hall–Kier alpha value is -2.33. The fourth-order valence-corrected chi connectivity index (χ4v) is 2.34. The van der Waals surface area contributed by atoms with Crippen LogP contribution in [-0.4, -0.2) is 11.1 Å². The van der Waals surface area contributed by atoms with Gasteiger partial charge in [-0.3, -0.25) is 4.79 Å². The van der Waals surface area contributed by atoms with Crippen molar-refractivity contribution in [2.24, 2.45) is 0 Å². The summed E-state index contributed by atoms with van der Waals surface area (Å²) in [5.41, 5.74) is 3.08. The van der Waals surface area contributed by atoms with Crippen LogP contribution in [0, 0.1) is 6.92 Å². The zero-order valence-electron chi connectivity index (χ0n) is 11.4. The van der Waals surface area contributed by atoms with Crippen molar-refractivity contribution in [1.82, 2.24) is 5.16 Å². The highest BCUT2D eigenvalue weighted by Crippen LogP contribution is 2.21. The van der Waals surface area contributed by atoms with Gasteiger partial charge in [0.2, 0.25) is 5.91 Å². The number of carbonyl (C=O) groups excluding carboxylic acids is 1. The van der Waals surface area contributed by atoms with Gasteiger partial charge >= 0.3 is 0 Å². The molecule has 0 aliphatic rings. The Labute approximate surface area is 126 Å². The molecule has 0 unspecified atom stereocenters. The van der Waals surface area contributed by atoms with Gasteiger partial charge in [-0.25, -0.2) is 0 Å². The van der Waals surface area contributed by atoms with Gasteiger partial charge in [0.1, 0.15) is 5.69 Å². The lowest BCUT2D eigenvalue weighted by Crippen LogP contribution is -2.14. The molecule has 1 N–H and O–H groups in total. The van der Waals surface area contributed by atoms with E-state index in [0.29, 0.717) is 22.0 Å². The van der Waals surface area contributed by atoms with Crippen LogP contribution in [0.3, 0.4) is 0 Å². The number of hydrogen-bond donors (Lipinski definition) is 1. The minimum absolute atomic E-state index is 0.156. The molecule has 106 valence electrons. The van der Waals surface area contributed by atoms with Crippen LogP contribution in [0.2, 0.25) is 5.02 Å². The van der Waals surface area contributed by atoms with E-state index in [-0.39, 0.29) is 12.3 Å². The van der Waals surface area contributed by atoms with Crippen LogP contribution in [0.1, 0.15) is 11.3 Å². The number of fused-ring (bicyclic) bond motifs is 1. The van der Waals surface area contributed by atoms with Crippen molar-refractivity contribution >= 4 is 34.2 Å². The van der Waals surface area contributed by atoms with Crippen molar-refractivity contribution in [3.63, 3.8) is 0 Å². The van der Waals surface area contributed by atoms with Crippen LogP contribution < -0.4 is 5.32 Å². The summed E-state index contributed by atoms with van der Waals surface area (Å²) in [6.07, 6.45) is 0.156. The molecule has 0 aliphatic heterocycles. The summed E-state index contributed by atoms with van der Waals surface area (Å²) >= 11 is 5.89. The van der Waals surface area contributed by atoms with Crippen LogP contribution in [0.25, 0.3) is 11.0 Å². The lowest BCUT2D eigenvalue weighted by molar-refractivity contribution is -0.115. The molecule has 4 nitrogen and oxygen atoms in total. The van der Waals surface area contributed by atoms with Crippen molar-refractivity contribution in [2.45, 2.75) is 13.3 Å². The van der Waals surface area contributed by atoms with E-state index in [1.165, 1.54) is 0 Å². The first-order valence-corrected chi connectivity index (χ1v) is 6.90. The third-order valence-electron chi connectivity index (χ3n) is 3.14. The first-order valence-electron chi connectivity index (χ1n) is 6.52. The van der Waals surface area contributed by atoms with Gasteiger partial charge in [-0.1, -0.05) is 34.5 Å². The van der Waals surface area contributed by atoms with Gasteiger partial charge in [-0.05, 0) is 37.3 Å². The summed E-state index contributed by atoms with van der Waals surface area (Å²) < 4.78 is 5.22. The van der Waals surface area contributed by atoms with Gasteiger partial charge in [0.05, 0.1) is 6.42 Å². The second kappa shape index (κ2) is 5.58. The highest BCUT2D eigenvalue weighted by molar-refractivity contribution is 6.30. The molecule has 0 atom stereocenters. The Bertz CT molecular complexity index is 811. The van der Waals surface area contributed by atoms with Crippen molar-refractivity contribution in [1.29, 1.82) is 0 Å². The van der Waals surface area contributed by atoms with E-state index in [2.05, 4.69) is 10.5 Å². The number of nitrogens with zero attached hydrogens (tertiary/aromatic N) is 1. The number of aryl methyl sites for hydroxylation is 1. The van der Waals surface area contributed by atoms with Gasteiger partial charge in [-0.15, -0.1) is 0 Å². The monoisotopic (exact) mass is 300 g/mol. The summed E-state index contributed by atoms with van der Waals surface area (Å²) in [7, 11) is 0. The Morgan fingerprint density at radius 3 is 2.95 bits per heavy atom. The van der Waals surface area contributed by atoms with E-state index < -0.39 is 0 Å². The largest absolute Gasteiger partial charge is 0.356 e.